The van der Waals surface area contributed by atoms with Crippen molar-refractivity contribution in [2.75, 3.05) is 39.8 Å². The van der Waals surface area contributed by atoms with Crippen LogP contribution in [-0.2, 0) is 11.3 Å². The molecular formula is C22H25ClFN5O2. The first-order chi connectivity index (χ1) is 15.0. The highest BCUT2D eigenvalue weighted by molar-refractivity contribution is 6.30. The molecule has 1 aliphatic rings. The largest absolute Gasteiger partial charge is 0.354 e. The molecule has 0 spiro atoms. The Kier molecular flexibility index (Phi) is 7.83. The number of hydrogen-bond donors (Lipinski definition) is 2. The number of halogens is 2. The van der Waals surface area contributed by atoms with Crippen LogP contribution in [0.3, 0.4) is 0 Å². The van der Waals surface area contributed by atoms with E-state index in [1.54, 1.807) is 13.1 Å². The van der Waals surface area contributed by atoms with Gasteiger partial charge in [0.25, 0.3) is 5.91 Å². The monoisotopic (exact) mass is 445 g/mol. The average Bonchev–Trinajstić information content (AvgIpc) is 2.77. The number of carbonyl (C=O) groups excluding carboxylic acids is 2. The van der Waals surface area contributed by atoms with Gasteiger partial charge in [-0.2, -0.15) is 0 Å². The molecule has 7 nitrogen and oxygen atoms in total. The number of hydrogen-bond acceptors (Lipinski definition) is 3. The van der Waals surface area contributed by atoms with Crippen molar-refractivity contribution in [3.05, 3.63) is 70.5 Å². The van der Waals surface area contributed by atoms with Crippen LogP contribution in [0.2, 0.25) is 5.02 Å². The standard InChI is InChI=1S/C22H25ClFN5O2/c1-25-22(27-11-10-26-21(31)18-4-2-3-5-19(18)24)29-13-12-28(20(30)15-29)14-16-6-8-17(23)9-7-16/h2-9H,10-15H2,1H3,(H,25,27)(H,26,31). The molecule has 0 radical (unpaired) electrons. The highest BCUT2D eigenvalue weighted by Crippen LogP contribution is 2.13. The third-order valence-corrected chi connectivity index (χ3v) is 5.18. The second kappa shape index (κ2) is 10.8. The van der Waals surface area contributed by atoms with Crippen molar-refractivity contribution in [3.8, 4) is 0 Å². The molecule has 1 fully saturated rings. The van der Waals surface area contributed by atoms with E-state index in [0.29, 0.717) is 37.2 Å². The zero-order valence-electron chi connectivity index (χ0n) is 17.3. The Morgan fingerprint density at radius 2 is 1.81 bits per heavy atom. The predicted octanol–water partition coefficient (Wildman–Crippen LogP) is 2.13. The lowest BCUT2D eigenvalue weighted by atomic mass is 10.2. The number of aliphatic imine (C=N–C) groups is 1. The number of nitrogens with one attached hydrogen (secondary N) is 2. The van der Waals surface area contributed by atoms with Gasteiger partial charge in [-0.15, -0.1) is 0 Å². The molecule has 1 heterocycles. The summed E-state index contributed by atoms with van der Waals surface area (Å²) in [5.41, 5.74) is 1.04. The normalized spacial score (nSPS) is 14.5. The highest BCUT2D eigenvalue weighted by Gasteiger charge is 2.25. The van der Waals surface area contributed by atoms with Crippen molar-refractivity contribution in [3.63, 3.8) is 0 Å². The van der Waals surface area contributed by atoms with Crippen LogP contribution in [0.25, 0.3) is 0 Å². The van der Waals surface area contributed by atoms with Crippen LogP contribution >= 0.6 is 11.6 Å². The van der Waals surface area contributed by atoms with E-state index < -0.39 is 11.7 Å². The lowest BCUT2D eigenvalue weighted by Crippen LogP contribution is -2.55. The van der Waals surface area contributed by atoms with Crippen LogP contribution in [0.1, 0.15) is 15.9 Å². The molecule has 164 valence electrons. The minimum absolute atomic E-state index is 0.00860. The Bertz CT molecular complexity index is 951. The Morgan fingerprint density at radius 3 is 2.48 bits per heavy atom. The van der Waals surface area contributed by atoms with Crippen molar-refractivity contribution in [2.24, 2.45) is 4.99 Å². The molecule has 1 saturated heterocycles. The summed E-state index contributed by atoms with van der Waals surface area (Å²) < 4.78 is 13.7. The SMILES string of the molecule is CN=C(NCCNC(=O)c1ccccc1F)N1CCN(Cc2ccc(Cl)cc2)C(=O)C1. The summed E-state index contributed by atoms with van der Waals surface area (Å²) in [6, 6.07) is 13.3. The summed E-state index contributed by atoms with van der Waals surface area (Å²) in [6.45, 7) is 2.66. The molecule has 0 bridgehead atoms. The topological polar surface area (TPSA) is 77.0 Å². The molecule has 31 heavy (non-hydrogen) atoms. The number of carbonyl (C=O) groups is 2. The molecule has 2 amide bonds. The number of piperazine rings is 1. The molecule has 2 aromatic rings. The van der Waals surface area contributed by atoms with E-state index >= 15 is 0 Å². The van der Waals surface area contributed by atoms with Gasteiger partial charge in [0, 0.05) is 44.8 Å². The van der Waals surface area contributed by atoms with E-state index in [2.05, 4.69) is 15.6 Å². The Labute approximate surface area is 185 Å². The van der Waals surface area contributed by atoms with Gasteiger partial charge >= 0.3 is 0 Å². The second-order valence-corrected chi connectivity index (χ2v) is 7.51. The summed E-state index contributed by atoms with van der Waals surface area (Å²) in [5, 5.41) is 6.47. The maximum Gasteiger partial charge on any atom is 0.254 e. The number of amides is 2. The fourth-order valence-electron chi connectivity index (χ4n) is 3.29. The van der Waals surface area contributed by atoms with Crippen LogP contribution in [0, 0.1) is 5.82 Å². The van der Waals surface area contributed by atoms with Crippen molar-refractivity contribution in [1.29, 1.82) is 0 Å². The Balaban J connectivity index is 1.44. The number of rotatable bonds is 6. The van der Waals surface area contributed by atoms with Gasteiger partial charge in [-0.25, -0.2) is 4.39 Å². The molecule has 0 saturated carbocycles. The van der Waals surface area contributed by atoms with E-state index in [1.165, 1.54) is 18.2 Å². The van der Waals surface area contributed by atoms with Gasteiger partial charge in [-0.3, -0.25) is 14.6 Å². The van der Waals surface area contributed by atoms with Crippen molar-refractivity contribution in [1.82, 2.24) is 20.4 Å². The molecule has 0 aromatic heterocycles. The summed E-state index contributed by atoms with van der Waals surface area (Å²) in [7, 11) is 1.64. The van der Waals surface area contributed by atoms with E-state index in [9.17, 15) is 14.0 Å². The van der Waals surface area contributed by atoms with Gasteiger partial charge < -0.3 is 20.4 Å². The third-order valence-electron chi connectivity index (χ3n) is 4.93. The maximum atomic E-state index is 13.7. The Morgan fingerprint density at radius 1 is 1.10 bits per heavy atom. The molecule has 2 N–H and O–H groups in total. The Hall–Kier alpha value is -3.13. The van der Waals surface area contributed by atoms with Gasteiger partial charge in [0.1, 0.15) is 5.82 Å². The zero-order chi connectivity index (χ0) is 22.2. The van der Waals surface area contributed by atoms with Gasteiger partial charge in [0.15, 0.2) is 5.96 Å². The summed E-state index contributed by atoms with van der Waals surface area (Å²) >= 11 is 5.91. The molecule has 0 atom stereocenters. The molecule has 9 heteroatoms. The average molecular weight is 446 g/mol. The van der Waals surface area contributed by atoms with Crippen molar-refractivity contribution in [2.45, 2.75) is 6.54 Å². The first-order valence-corrected chi connectivity index (χ1v) is 10.4. The van der Waals surface area contributed by atoms with Gasteiger partial charge in [-0.1, -0.05) is 35.9 Å². The fourth-order valence-corrected chi connectivity index (χ4v) is 3.42. The minimum Gasteiger partial charge on any atom is -0.354 e. The number of nitrogens with zero attached hydrogens (tertiary/aromatic N) is 3. The minimum atomic E-state index is -0.557. The lowest BCUT2D eigenvalue weighted by Gasteiger charge is -2.36. The zero-order valence-corrected chi connectivity index (χ0v) is 18.0. The van der Waals surface area contributed by atoms with E-state index in [0.717, 1.165) is 5.56 Å². The molecule has 0 aliphatic carbocycles. The molecule has 2 aromatic carbocycles. The summed E-state index contributed by atoms with van der Waals surface area (Å²) in [5.74, 6) is -0.434. The van der Waals surface area contributed by atoms with Crippen LogP contribution in [0.4, 0.5) is 4.39 Å². The van der Waals surface area contributed by atoms with Crippen molar-refractivity contribution >= 4 is 29.4 Å². The molecule has 3 rings (SSSR count). The molecular weight excluding hydrogens is 421 g/mol. The fraction of sp³-hybridized carbons (Fsp3) is 0.318. The second-order valence-electron chi connectivity index (χ2n) is 7.07. The molecule has 0 unspecified atom stereocenters. The van der Waals surface area contributed by atoms with Crippen LogP contribution in [0.5, 0.6) is 0 Å². The first kappa shape index (κ1) is 22.6. The summed E-state index contributed by atoms with van der Waals surface area (Å²) in [6.07, 6.45) is 0. The van der Waals surface area contributed by atoms with Crippen LogP contribution in [0.15, 0.2) is 53.5 Å². The quantitative estimate of drug-likeness (QED) is 0.405. The van der Waals surface area contributed by atoms with Gasteiger partial charge in [0.05, 0.1) is 12.1 Å². The highest BCUT2D eigenvalue weighted by atomic mass is 35.5. The van der Waals surface area contributed by atoms with E-state index in [4.69, 9.17) is 11.6 Å². The first-order valence-electron chi connectivity index (χ1n) is 9.98. The smallest absolute Gasteiger partial charge is 0.254 e. The van der Waals surface area contributed by atoms with Crippen LogP contribution < -0.4 is 10.6 Å². The van der Waals surface area contributed by atoms with E-state index in [1.807, 2.05) is 34.1 Å². The van der Waals surface area contributed by atoms with Gasteiger partial charge in [0.2, 0.25) is 5.91 Å². The predicted molar refractivity (Wildman–Crippen MR) is 119 cm³/mol. The maximum absolute atomic E-state index is 13.7. The number of benzene rings is 2. The lowest BCUT2D eigenvalue weighted by molar-refractivity contribution is -0.135. The third kappa shape index (κ3) is 6.18. The van der Waals surface area contributed by atoms with Crippen molar-refractivity contribution < 1.29 is 14.0 Å². The van der Waals surface area contributed by atoms with Gasteiger partial charge in [-0.05, 0) is 29.8 Å². The molecule has 1 aliphatic heterocycles. The van der Waals surface area contributed by atoms with E-state index in [-0.39, 0.29) is 24.6 Å². The number of guanidine groups is 1. The van der Waals surface area contributed by atoms with Crippen LogP contribution in [-0.4, -0.2) is 67.3 Å². The summed E-state index contributed by atoms with van der Waals surface area (Å²) in [4.78, 5) is 32.5.